The molecule has 1 fully saturated rings. The normalized spacial score (nSPS) is 14.9. The number of aromatic nitrogens is 2. The topological polar surface area (TPSA) is 49.3 Å². The minimum atomic E-state index is 0.109. The number of carbonyl (C=O) groups is 1. The van der Waals surface area contributed by atoms with Crippen LogP contribution in [0.1, 0.15) is 41.6 Å². The highest BCUT2D eigenvalue weighted by atomic mass is 127. The molecule has 0 unspecified atom stereocenters. The summed E-state index contributed by atoms with van der Waals surface area (Å²) in [7, 11) is 0. The zero-order valence-corrected chi connectivity index (χ0v) is 17.0. The Balaban J connectivity index is 1.67. The second-order valence-electron chi connectivity index (χ2n) is 6.67. The molecule has 5 nitrogen and oxygen atoms in total. The Kier molecular flexibility index (Phi) is 5.56. The van der Waals surface area contributed by atoms with Gasteiger partial charge < -0.3 is 9.80 Å². The molecule has 0 bridgehead atoms. The number of aryl methyl sites for hydroxylation is 1. The van der Waals surface area contributed by atoms with Gasteiger partial charge in [-0.05, 0) is 53.8 Å². The fourth-order valence-corrected chi connectivity index (χ4v) is 3.27. The number of halogens is 1. The summed E-state index contributed by atoms with van der Waals surface area (Å²) in [4.78, 5) is 26.0. The quantitative estimate of drug-likeness (QED) is 0.673. The van der Waals surface area contributed by atoms with Gasteiger partial charge in [-0.3, -0.25) is 4.79 Å². The van der Waals surface area contributed by atoms with E-state index in [2.05, 4.69) is 46.3 Å². The van der Waals surface area contributed by atoms with Crippen LogP contribution >= 0.6 is 22.6 Å². The third-order valence-electron chi connectivity index (χ3n) is 4.36. The number of carbonyl (C=O) groups excluding carboxylic acids is 1. The van der Waals surface area contributed by atoms with Gasteiger partial charge in [0.1, 0.15) is 11.6 Å². The predicted octanol–water partition coefficient (Wildman–Crippen LogP) is 3.48. The van der Waals surface area contributed by atoms with E-state index in [1.807, 2.05) is 42.2 Å². The van der Waals surface area contributed by atoms with E-state index in [0.29, 0.717) is 19.0 Å². The van der Waals surface area contributed by atoms with Gasteiger partial charge in [-0.1, -0.05) is 13.8 Å². The Labute approximate surface area is 162 Å². The minimum Gasteiger partial charge on any atom is -0.353 e. The van der Waals surface area contributed by atoms with Crippen LogP contribution in [0.15, 0.2) is 30.3 Å². The zero-order valence-electron chi connectivity index (χ0n) is 14.9. The van der Waals surface area contributed by atoms with Crippen LogP contribution in [0.3, 0.4) is 0 Å². The van der Waals surface area contributed by atoms with Crippen LogP contribution in [-0.2, 0) is 0 Å². The number of nitrogens with zero attached hydrogens (tertiary/aromatic N) is 4. The lowest BCUT2D eigenvalue weighted by Gasteiger charge is -2.35. The van der Waals surface area contributed by atoms with Gasteiger partial charge in [0.05, 0.1) is 0 Å². The molecule has 2 aromatic rings. The lowest BCUT2D eigenvalue weighted by molar-refractivity contribution is 0.0746. The molecule has 25 heavy (non-hydrogen) atoms. The van der Waals surface area contributed by atoms with Crippen molar-refractivity contribution in [3.8, 4) is 0 Å². The van der Waals surface area contributed by atoms with Crippen LogP contribution < -0.4 is 4.90 Å². The largest absolute Gasteiger partial charge is 0.353 e. The molecule has 1 saturated heterocycles. The van der Waals surface area contributed by atoms with Crippen LogP contribution in [0.2, 0.25) is 0 Å². The molecule has 6 heteroatoms. The summed E-state index contributed by atoms with van der Waals surface area (Å²) in [5, 5.41) is 0. The molecule has 0 atom stereocenters. The smallest absolute Gasteiger partial charge is 0.253 e. The fourth-order valence-electron chi connectivity index (χ4n) is 2.91. The van der Waals surface area contributed by atoms with Crippen molar-refractivity contribution in [2.45, 2.75) is 26.7 Å². The van der Waals surface area contributed by atoms with E-state index in [4.69, 9.17) is 4.98 Å². The predicted molar refractivity (Wildman–Crippen MR) is 108 cm³/mol. The van der Waals surface area contributed by atoms with Gasteiger partial charge in [-0.2, -0.15) is 0 Å². The van der Waals surface area contributed by atoms with Gasteiger partial charge in [0.15, 0.2) is 0 Å². The highest BCUT2D eigenvalue weighted by Gasteiger charge is 2.23. The van der Waals surface area contributed by atoms with Gasteiger partial charge in [-0.25, -0.2) is 9.97 Å². The lowest BCUT2D eigenvalue weighted by Crippen LogP contribution is -2.49. The Hall–Kier alpha value is -1.70. The molecule has 3 rings (SSSR count). The number of benzene rings is 1. The molecule has 0 aliphatic carbocycles. The average Bonchev–Trinajstić information content (AvgIpc) is 2.61. The summed E-state index contributed by atoms with van der Waals surface area (Å²) in [5.41, 5.74) is 1.75. The molecule has 1 aromatic heterocycles. The number of hydrogen-bond donors (Lipinski definition) is 0. The van der Waals surface area contributed by atoms with Gasteiger partial charge in [0, 0.05) is 53.0 Å². The summed E-state index contributed by atoms with van der Waals surface area (Å²) in [6.45, 7) is 9.24. The van der Waals surface area contributed by atoms with Gasteiger partial charge in [0.25, 0.3) is 5.91 Å². The van der Waals surface area contributed by atoms with Crippen molar-refractivity contribution >= 4 is 34.3 Å². The van der Waals surface area contributed by atoms with E-state index < -0.39 is 0 Å². The number of amides is 1. The number of piperazine rings is 1. The third kappa shape index (κ3) is 4.29. The highest BCUT2D eigenvalue weighted by Crippen LogP contribution is 2.19. The highest BCUT2D eigenvalue weighted by molar-refractivity contribution is 14.1. The van der Waals surface area contributed by atoms with Crippen molar-refractivity contribution in [1.29, 1.82) is 0 Å². The van der Waals surface area contributed by atoms with Crippen molar-refractivity contribution in [2.24, 2.45) is 0 Å². The molecule has 0 N–H and O–H groups in total. The second-order valence-corrected chi connectivity index (χ2v) is 7.91. The first-order chi connectivity index (χ1) is 11.9. The molecule has 1 amide bonds. The number of anilines is 1. The van der Waals surface area contributed by atoms with E-state index in [1.54, 1.807) is 0 Å². The summed E-state index contributed by atoms with van der Waals surface area (Å²) in [5.74, 6) is 2.27. The van der Waals surface area contributed by atoms with Crippen LogP contribution in [-0.4, -0.2) is 47.0 Å². The van der Waals surface area contributed by atoms with E-state index in [9.17, 15) is 4.79 Å². The van der Waals surface area contributed by atoms with Gasteiger partial charge >= 0.3 is 0 Å². The first-order valence-corrected chi connectivity index (χ1v) is 9.67. The van der Waals surface area contributed by atoms with Crippen molar-refractivity contribution in [1.82, 2.24) is 14.9 Å². The van der Waals surface area contributed by atoms with E-state index in [1.165, 1.54) is 0 Å². The number of hydrogen-bond acceptors (Lipinski definition) is 4. The maximum absolute atomic E-state index is 12.6. The van der Waals surface area contributed by atoms with Crippen molar-refractivity contribution in [3.05, 3.63) is 51.0 Å². The molecular formula is C19H23IN4O. The molecule has 2 heterocycles. The Bertz CT molecular complexity index is 753. The molecule has 1 aliphatic heterocycles. The van der Waals surface area contributed by atoms with Crippen LogP contribution in [0, 0.1) is 10.5 Å². The van der Waals surface area contributed by atoms with Crippen LogP contribution in [0.25, 0.3) is 0 Å². The summed E-state index contributed by atoms with van der Waals surface area (Å²) in [6, 6.07) is 9.78. The summed E-state index contributed by atoms with van der Waals surface area (Å²) < 4.78 is 1.14. The standard InChI is InChI=1S/C19H23IN4O/c1-13(2)18-21-14(3)12-17(22-18)23-8-10-24(11-9-23)19(25)15-4-6-16(20)7-5-15/h4-7,12-13H,8-11H2,1-3H3. The summed E-state index contributed by atoms with van der Waals surface area (Å²) in [6.07, 6.45) is 0. The van der Waals surface area contributed by atoms with E-state index >= 15 is 0 Å². The fraction of sp³-hybridized carbons (Fsp3) is 0.421. The van der Waals surface area contributed by atoms with Gasteiger partial charge in [-0.15, -0.1) is 0 Å². The maximum atomic E-state index is 12.6. The number of rotatable bonds is 3. The SMILES string of the molecule is Cc1cc(N2CCN(C(=O)c3ccc(I)cc3)CC2)nc(C(C)C)n1. The molecule has 0 spiro atoms. The Morgan fingerprint density at radius 2 is 1.72 bits per heavy atom. The van der Waals surface area contributed by atoms with Crippen molar-refractivity contribution < 1.29 is 4.79 Å². The molecule has 1 aromatic carbocycles. The first kappa shape index (κ1) is 18.1. The molecule has 1 aliphatic rings. The maximum Gasteiger partial charge on any atom is 0.253 e. The van der Waals surface area contributed by atoms with E-state index in [0.717, 1.165) is 39.6 Å². The Morgan fingerprint density at radius 1 is 1.08 bits per heavy atom. The monoisotopic (exact) mass is 450 g/mol. The Morgan fingerprint density at radius 3 is 2.32 bits per heavy atom. The van der Waals surface area contributed by atoms with E-state index in [-0.39, 0.29) is 5.91 Å². The van der Waals surface area contributed by atoms with Gasteiger partial charge in [0.2, 0.25) is 0 Å². The van der Waals surface area contributed by atoms with Crippen LogP contribution in [0.4, 0.5) is 5.82 Å². The van der Waals surface area contributed by atoms with Crippen LogP contribution in [0.5, 0.6) is 0 Å². The first-order valence-electron chi connectivity index (χ1n) is 8.59. The third-order valence-corrected chi connectivity index (χ3v) is 5.08. The van der Waals surface area contributed by atoms with Crippen molar-refractivity contribution in [3.63, 3.8) is 0 Å². The minimum absolute atomic E-state index is 0.109. The molecule has 0 saturated carbocycles. The van der Waals surface area contributed by atoms with Crippen molar-refractivity contribution in [2.75, 3.05) is 31.1 Å². The molecular weight excluding hydrogens is 427 g/mol. The second kappa shape index (κ2) is 7.68. The molecule has 0 radical (unpaired) electrons. The zero-order chi connectivity index (χ0) is 18.0. The molecule has 132 valence electrons. The average molecular weight is 450 g/mol. The summed E-state index contributed by atoms with van der Waals surface area (Å²) >= 11 is 2.25. The lowest BCUT2D eigenvalue weighted by atomic mass is 10.2.